The summed E-state index contributed by atoms with van der Waals surface area (Å²) in [7, 11) is 1.47. The molecule has 0 saturated carbocycles. The molecule has 0 aromatic heterocycles. The molecule has 1 N–H and O–H groups in total. The van der Waals surface area contributed by atoms with E-state index < -0.39 is 12.1 Å². The molecule has 1 aromatic rings. The molecule has 256 valence electrons. The zero-order valence-corrected chi connectivity index (χ0v) is 28.2. The molecule has 2 rings (SSSR count). The molecule has 0 spiro atoms. The Bertz CT molecular complexity index is 929. The van der Waals surface area contributed by atoms with Gasteiger partial charge in [-0.1, -0.05) is 134 Å². The molecule has 0 bridgehead atoms. The monoisotopic (exact) mass is 630 g/mol. The van der Waals surface area contributed by atoms with E-state index in [4.69, 9.17) is 18.9 Å². The van der Waals surface area contributed by atoms with Crippen molar-refractivity contribution in [2.24, 2.45) is 0 Å². The molecule has 1 aromatic carbocycles. The maximum atomic E-state index is 12.4. The number of cyclic esters (lactones) is 1. The van der Waals surface area contributed by atoms with Crippen LogP contribution in [0, 0.1) is 0 Å². The molecule has 1 saturated heterocycles. The minimum Gasteiger partial charge on any atom is -0.504 e. The molecule has 0 aliphatic carbocycles. The zero-order valence-electron chi connectivity index (χ0n) is 28.2. The first-order valence-electron chi connectivity index (χ1n) is 18.1. The van der Waals surface area contributed by atoms with Gasteiger partial charge >= 0.3 is 11.9 Å². The number of benzene rings is 1. The molecule has 1 aliphatic heterocycles. The van der Waals surface area contributed by atoms with Gasteiger partial charge in [-0.05, 0) is 36.6 Å². The Morgan fingerprint density at radius 1 is 0.778 bits per heavy atom. The Morgan fingerprint density at radius 2 is 1.27 bits per heavy atom. The number of carbonyl (C=O) groups excluding carboxylic acids is 2. The van der Waals surface area contributed by atoms with E-state index in [1.807, 2.05) is 0 Å². The second-order valence-corrected chi connectivity index (χ2v) is 12.6. The Kier molecular flexibility index (Phi) is 22.9. The predicted octanol–water partition coefficient (Wildman–Crippen LogP) is 9.87. The standard InChI is InChI=1S/C38H62O7/c1-42-36-30-33(25-27-35(36)39)26-28-38(41)45-32-34-31-44-37(40)24-22-20-18-16-14-12-10-8-6-4-2-3-5-7-9-11-13-15-17-19-21-23-29-43-34/h25-28,30,34,39H,2-24,29,31-32H2,1H3. The number of methoxy groups -OCH3 is 1. The van der Waals surface area contributed by atoms with Crippen molar-refractivity contribution in [3.8, 4) is 11.5 Å². The summed E-state index contributed by atoms with van der Waals surface area (Å²) in [5.41, 5.74) is 0.693. The Morgan fingerprint density at radius 3 is 1.78 bits per heavy atom. The first-order chi connectivity index (χ1) is 22.1. The molecular weight excluding hydrogens is 568 g/mol. The first kappa shape index (κ1) is 38.6. The van der Waals surface area contributed by atoms with Crippen molar-refractivity contribution >= 4 is 18.0 Å². The lowest BCUT2D eigenvalue weighted by molar-refractivity contribution is -0.153. The fraction of sp³-hybridized carbons (Fsp3) is 0.737. The third-order valence-corrected chi connectivity index (χ3v) is 8.59. The van der Waals surface area contributed by atoms with E-state index in [2.05, 4.69) is 0 Å². The van der Waals surface area contributed by atoms with E-state index in [1.54, 1.807) is 18.2 Å². The van der Waals surface area contributed by atoms with Gasteiger partial charge in [0.1, 0.15) is 19.3 Å². The summed E-state index contributed by atoms with van der Waals surface area (Å²) in [6, 6.07) is 4.82. The van der Waals surface area contributed by atoms with Crippen LogP contribution in [0.4, 0.5) is 0 Å². The molecule has 0 amide bonds. The van der Waals surface area contributed by atoms with E-state index >= 15 is 0 Å². The maximum Gasteiger partial charge on any atom is 0.330 e. The largest absolute Gasteiger partial charge is 0.504 e. The lowest BCUT2D eigenvalue weighted by Crippen LogP contribution is -2.28. The summed E-state index contributed by atoms with van der Waals surface area (Å²) in [4.78, 5) is 24.8. The third kappa shape index (κ3) is 21.0. The highest BCUT2D eigenvalue weighted by atomic mass is 16.6. The maximum absolute atomic E-state index is 12.4. The van der Waals surface area contributed by atoms with Gasteiger partial charge in [0.2, 0.25) is 0 Å². The van der Waals surface area contributed by atoms with Crippen molar-refractivity contribution in [3.63, 3.8) is 0 Å². The number of phenolic OH excluding ortho intramolecular Hbond substituents is 1. The van der Waals surface area contributed by atoms with Crippen LogP contribution in [0.15, 0.2) is 24.3 Å². The lowest BCUT2D eigenvalue weighted by atomic mass is 10.0. The van der Waals surface area contributed by atoms with E-state index in [1.165, 1.54) is 135 Å². The van der Waals surface area contributed by atoms with Crippen LogP contribution in [-0.4, -0.2) is 50.1 Å². The van der Waals surface area contributed by atoms with Crippen LogP contribution in [0.3, 0.4) is 0 Å². The SMILES string of the molecule is COc1cc(C=CC(=O)OCC2COC(=O)CCCCCCCCCCCCCCCCCCCCCCCCO2)ccc1O. The smallest absolute Gasteiger partial charge is 0.330 e. The topological polar surface area (TPSA) is 91.3 Å². The number of rotatable bonds is 5. The second-order valence-electron chi connectivity index (χ2n) is 12.6. The Labute approximate surface area is 273 Å². The molecule has 1 heterocycles. The fourth-order valence-corrected chi connectivity index (χ4v) is 5.74. The molecule has 1 fully saturated rings. The molecular formula is C38H62O7. The summed E-state index contributed by atoms with van der Waals surface area (Å²) < 4.78 is 22.1. The Balaban J connectivity index is 1.77. The summed E-state index contributed by atoms with van der Waals surface area (Å²) in [6.07, 6.45) is 30.8. The lowest BCUT2D eigenvalue weighted by Gasteiger charge is -2.18. The summed E-state index contributed by atoms with van der Waals surface area (Å²) in [5.74, 6) is -0.383. The first-order valence-corrected chi connectivity index (χ1v) is 18.1. The highest BCUT2D eigenvalue weighted by molar-refractivity contribution is 5.87. The van der Waals surface area contributed by atoms with Crippen LogP contribution in [-0.2, 0) is 23.8 Å². The fourth-order valence-electron chi connectivity index (χ4n) is 5.74. The van der Waals surface area contributed by atoms with Gasteiger partial charge in [-0.2, -0.15) is 0 Å². The minimum atomic E-state index is -0.519. The second kappa shape index (κ2) is 26.7. The van der Waals surface area contributed by atoms with Crippen molar-refractivity contribution in [3.05, 3.63) is 29.8 Å². The highest BCUT2D eigenvalue weighted by Crippen LogP contribution is 2.26. The van der Waals surface area contributed by atoms with Gasteiger partial charge in [-0.25, -0.2) is 4.79 Å². The van der Waals surface area contributed by atoms with Gasteiger partial charge in [0, 0.05) is 19.1 Å². The number of hydrogen-bond acceptors (Lipinski definition) is 7. The number of esters is 2. The van der Waals surface area contributed by atoms with Crippen molar-refractivity contribution in [1.29, 1.82) is 0 Å². The van der Waals surface area contributed by atoms with Gasteiger partial charge in [-0.3, -0.25) is 4.79 Å². The van der Waals surface area contributed by atoms with Crippen LogP contribution in [0.2, 0.25) is 0 Å². The van der Waals surface area contributed by atoms with Gasteiger partial charge < -0.3 is 24.1 Å². The van der Waals surface area contributed by atoms with Gasteiger partial charge in [-0.15, -0.1) is 0 Å². The van der Waals surface area contributed by atoms with Crippen molar-refractivity contribution in [1.82, 2.24) is 0 Å². The quantitative estimate of drug-likeness (QED) is 0.256. The highest BCUT2D eigenvalue weighted by Gasteiger charge is 2.15. The van der Waals surface area contributed by atoms with Crippen molar-refractivity contribution < 1.29 is 33.6 Å². The number of ether oxygens (including phenoxy) is 4. The molecule has 1 unspecified atom stereocenters. The molecule has 45 heavy (non-hydrogen) atoms. The molecule has 0 radical (unpaired) electrons. The predicted molar refractivity (Wildman–Crippen MR) is 182 cm³/mol. The van der Waals surface area contributed by atoms with E-state index in [0.29, 0.717) is 24.3 Å². The number of phenols is 1. The zero-order chi connectivity index (χ0) is 32.2. The van der Waals surface area contributed by atoms with E-state index in [-0.39, 0.29) is 24.9 Å². The average molecular weight is 631 g/mol. The minimum absolute atomic E-state index is 0.00928. The number of hydrogen-bond donors (Lipinski definition) is 1. The van der Waals surface area contributed by atoms with Crippen molar-refractivity contribution in [2.45, 2.75) is 154 Å². The van der Waals surface area contributed by atoms with Crippen LogP contribution in [0.25, 0.3) is 6.08 Å². The summed E-state index contributed by atoms with van der Waals surface area (Å²) in [6.45, 7) is 0.628. The summed E-state index contributed by atoms with van der Waals surface area (Å²) >= 11 is 0. The van der Waals surface area contributed by atoms with Crippen molar-refractivity contribution in [2.75, 3.05) is 26.9 Å². The molecule has 7 heteroatoms. The van der Waals surface area contributed by atoms with Crippen LogP contribution >= 0.6 is 0 Å². The van der Waals surface area contributed by atoms with Crippen LogP contribution < -0.4 is 4.74 Å². The van der Waals surface area contributed by atoms with Gasteiger partial charge in [0.15, 0.2) is 11.5 Å². The average Bonchev–Trinajstić information content (AvgIpc) is 3.04. The molecule has 7 nitrogen and oxygen atoms in total. The van der Waals surface area contributed by atoms with Gasteiger partial charge in [0.05, 0.1) is 7.11 Å². The van der Waals surface area contributed by atoms with E-state index in [0.717, 1.165) is 25.7 Å². The Hall–Kier alpha value is -2.54. The molecule has 1 atom stereocenters. The summed E-state index contributed by atoms with van der Waals surface area (Å²) in [5, 5.41) is 9.76. The third-order valence-electron chi connectivity index (χ3n) is 8.59. The number of carbonyl (C=O) groups is 2. The van der Waals surface area contributed by atoms with Gasteiger partial charge in [0.25, 0.3) is 0 Å². The normalized spacial score (nSPS) is 21.1. The number of aromatic hydroxyl groups is 1. The van der Waals surface area contributed by atoms with E-state index in [9.17, 15) is 14.7 Å². The molecule has 1 aliphatic rings. The van der Waals surface area contributed by atoms with Crippen LogP contribution in [0.1, 0.15) is 153 Å². The van der Waals surface area contributed by atoms with Crippen LogP contribution in [0.5, 0.6) is 11.5 Å².